The van der Waals surface area contributed by atoms with E-state index in [1.807, 2.05) is 5.32 Å². The molecule has 0 radical (unpaired) electrons. The number of nitriles is 1. The SMILES string of the molecule is N#Cc1ccc(C(=O)Nc2c(-c3c(Br)cc(C(F)(F)C#CF)cc3C(F)(F)C(F)(F)F)ccc(C(N)=O)c2F)cc1. The van der Waals surface area contributed by atoms with E-state index in [0.717, 1.165) is 18.1 Å². The highest BCUT2D eigenvalue weighted by Crippen LogP contribution is 2.52. The zero-order chi connectivity index (χ0) is 30.9. The third-order valence-corrected chi connectivity index (χ3v) is 6.17. The van der Waals surface area contributed by atoms with Gasteiger partial charge in [0.2, 0.25) is 0 Å². The van der Waals surface area contributed by atoms with Crippen molar-refractivity contribution in [1.82, 2.24) is 0 Å². The highest BCUT2D eigenvalue weighted by atomic mass is 79.9. The van der Waals surface area contributed by atoms with Gasteiger partial charge in [-0.1, -0.05) is 22.0 Å². The second-order valence-corrected chi connectivity index (χ2v) is 8.96. The Hall–Kier alpha value is -4.50. The minimum atomic E-state index is -6.38. The first-order valence-electron chi connectivity index (χ1n) is 10.7. The number of halogens is 10. The fourth-order valence-corrected chi connectivity index (χ4v) is 4.25. The molecule has 0 aliphatic rings. The number of hydrogen-bond donors (Lipinski definition) is 2. The normalized spacial score (nSPS) is 11.7. The van der Waals surface area contributed by atoms with Crippen molar-refractivity contribution in [3.05, 3.63) is 86.6 Å². The molecule has 0 saturated heterocycles. The molecule has 3 aromatic rings. The predicted molar refractivity (Wildman–Crippen MR) is 130 cm³/mol. The molecular weight excluding hydrogens is 637 g/mol. The number of nitrogens with zero attached hydrogens (tertiary/aromatic N) is 1. The van der Waals surface area contributed by atoms with Crippen molar-refractivity contribution in [2.45, 2.75) is 18.0 Å². The highest BCUT2D eigenvalue weighted by Gasteiger charge is 2.60. The summed E-state index contributed by atoms with van der Waals surface area (Å²) >= 11 is 2.64. The van der Waals surface area contributed by atoms with E-state index < -0.39 is 73.6 Å². The average molecular weight is 648 g/mol. The van der Waals surface area contributed by atoms with E-state index in [9.17, 15) is 44.7 Å². The van der Waals surface area contributed by atoms with Crippen molar-refractivity contribution in [2.75, 3.05) is 5.32 Å². The first kappa shape index (κ1) is 31.0. The van der Waals surface area contributed by atoms with Crippen LogP contribution < -0.4 is 11.1 Å². The van der Waals surface area contributed by atoms with Gasteiger partial charge < -0.3 is 11.1 Å². The molecule has 2 amide bonds. The number of carbonyl (C=O) groups is 2. The van der Waals surface area contributed by atoms with Gasteiger partial charge in [0.25, 0.3) is 11.8 Å². The molecule has 0 heterocycles. The van der Waals surface area contributed by atoms with Gasteiger partial charge in [-0.05, 0) is 42.5 Å². The van der Waals surface area contributed by atoms with Crippen molar-refractivity contribution in [3.8, 4) is 29.3 Å². The lowest BCUT2D eigenvalue weighted by Crippen LogP contribution is -2.34. The lowest BCUT2D eigenvalue weighted by molar-refractivity contribution is -0.289. The van der Waals surface area contributed by atoms with E-state index in [2.05, 4.69) is 15.9 Å². The molecule has 0 spiro atoms. The minimum absolute atomic E-state index is 0.112. The summed E-state index contributed by atoms with van der Waals surface area (Å²) in [4.78, 5) is 24.6. The quantitative estimate of drug-likeness (QED) is 0.220. The average Bonchev–Trinajstić information content (AvgIpc) is 2.88. The number of rotatable bonds is 6. The van der Waals surface area contributed by atoms with Crippen LogP contribution in [0.15, 0.2) is 53.0 Å². The van der Waals surface area contributed by atoms with Gasteiger partial charge in [-0.15, -0.1) is 4.39 Å². The molecule has 0 aliphatic carbocycles. The van der Waals surface area contributed by atoms with Crippen LogP contribution in [-0.2, 0) is 11.8 Å². The largest absolute Gasteiger partial charge is 0.458 e. The summed E-state index contributed by atoms with van der Waals surface area (Å²) < 4.78 is 126. The van der Waals surface area contributed by atoms with Crippen LogP contribution in [-0.4, -0.2) is 18.0 Å². The Morgan fingerprint density at radius 1 is 0.951 bits per heavy atom. The number of carbonyl (C=O) groups excluding carboxylic acids is 2. The van der Waals surface area contributed by atoms with Crippen LogP contribution in [0.25, 0.3) is 11.1 Å². The van der Waals surface area contributed by atoms with E-state index in [0.29, 0.717) is 24.4 Å². The van der Waals surface area contributed by atoms with Crippen molar-refractivity contribution in [2.24, 2.45) is 5.73 Å². The standard InChI is InChI=1S/C26H11BrF9N3O2/c27-18-10-14(24(30,31)7-8-28)9-17(25(32,33)26(34,35)36)19(18)15-5-6-16(22(38)40)20(29)21(15)39-23(41)13-3-1-12(11-37)2-4-13/h1-6,9-10H,(H2,38,40)(H,39,41). The molecule has 0 aromatic heterocycles. The van der Waals surface area contributed by atoms with Crippen LogP contribution in [0.5, 0.6) is 0 Å². The van der Waals surface area contributed by atoms with Crippen LogP contribution in [0.3, 0.4) is 0 Å². The molecule has 0 saturated carbocycles. The minimum Gasteiger partial charge on any atom is -0.366 e. The summed E-state index contributed by atoms with van der Waals surface area (Å²) in [6.45, 7) is 0. The molecular formula is C26H11BrF9N3O2. The third kappa shape index (κ3) is 6.00. The Labute approximate surface area is 232 Å². The molecule has 3 aromatic carbocycles. The maximum Gasteiger partial charge on any atom is 0.458 e. The van der Waals surface area contributed by atoms with E-state index in [4.69, 9.17) is 11.0 Å². The Kier molecular flexibility index (Phi) is 8.46. The summed E-state index contributed by atoms with van der Waals surface area (Å²) in [7, 11) is 0. The van der Waals surface area contributed by atoms with Gasteiger partial charge in [-0.3, -0.25) is 9.59 Å². The van der Waals surface area contributed by atoms with Gasteiger partial charge >= 0.3 is 18.0 Å². The van der Waals surface area contributed by atoms with Crippen molar-refractivity contribution < 1.29 is 49.1 Å². The van der Waals surface area contributed by atoms with Crippen LogP contribution in [0.4, 0.5) is 45.2 Å². The van der Waals surface area contributed by atoms with Crippen LogP contribution in [0.2, 0.25) is 0 Å². The number of anilines is 1. The van der Waals surface area contributed by atoms with E-state index >= 15 is 4.39 Å². The van der Waals surface area contributed by atoms with Gasteiger partial charge in [-0.2, -0.15) is 36.0 Å². The Morgan fingerprint density at radius 2 is 1.56 bits per heavy atom. The summed E-state index contributed by atoms with van der Waals surface area (Å²) in [6, 6.07) is 7.68. The van der Waals surface area contributed by atoms with E-state index in [1.54, 1.807) is 6.07 Å². The molecule has 3 N–H and O–H groups in total. The maximum atomic E-state index is 15.5. The molecule has 212 valence electrons. The molecule has 0 atom stereocenters. The summed E-state index contributed by atoms with van der Waals surface area (Å²) in [6.07, 6.45) is -6.02. The maximum absolute atomic E-state index is 15.5. The molecule has 0 unspecified atom stereocenters. The monoisotopic (exact) mass is 647 g/mol. The van der Waals surface area contributed by atoms with Gasteiger partial charge in [0.15, 0.2) is 5.82 Å². The molecule has 0 bridgehead atoms. The number of hydrogen-bond acceptors (Lipinski definition) is 3. The van der Waals surface area contributed by atoms with Crippen LogP contribution >= 0.6 is 15.9 Å². The second kappa shape index (κ2) is 11.2. The number of alkyl halides is 7. The predicted octanol–water partition coefficient (Wildman–Crippen LogP) is 7.15. The van der Waals surface area contributed by atoms with Crippen LogP contribution in [0.1, 0.15) is 37.4 Å². The molecule has 0 fully saturated rings. The fourth-order valence-electron chi connectivity index (χ4n) is 3.57. The highest BCUT2D eigenvalue weighted by molar-refractivity contribution is 9.10. The van der Waals surface area contributed by atoms with Crippen molar-refractivity contribution in [1.29, 1.82) is 5.26 Å². The summed E-state index contributed by atoms with van der Waals surface area (Å²) in [5.74, 6) is -13.9. The van der Waals surface area contributed by atoms with E-state index in [1.165, 1.54) is 12.1 Å². The topological polar surface area (TPSA) is 96.0 Å². The first-order valence-corrected chi connectivity index (χ1v) is 11.5. The Bertz CT molecular complexity index is 1650. The Balaban J connectivity index is 2.40. The number of amides is 2. The van der Waals surface area contributed by atoms with Gasteiger partial charge in [0.1, 0.15) is 6.17 Å². The zero-order valence-corrected chi connectivity index (χ0v) is 21.3. The molecule has 5 nitrogen and oxygen atoms in total. The third-order valence-electron chi connectivity index (χ3n) is 5.54. The number of primary amides is 1. The fraction of sp³-hybridized carbons (Fsp3) is 0.115. The van der Waals surface area contributed by atoms with Gasteiger partial charge in [0, 0.05) is 38.2 Å². The van der Waals surface area contributed by atoms with Crippen molar-refractivity contribution in [3.63, 3.8) is 0 Å². The van der Waals surface area contributed by atoms with Crippen LogP contribution in [0, 0.1) is 29.2 Å². The molecule has 15 heteroatoms. The number of nitrogens with two attached hydrogens (primary N) is 1. The summed E-state index contributed by atoms with van der Waals surface area (Å²) in [5, 5.41) is 10.9. The smallest absolute Gasteiger partial charge is 0.366 e. The zero-order valence-electron chi connectivity index (χ0n) is 19.7. The Morgan fingerprint density at radius 3 is 2.07 bits per heavy atom. The van der Waals surface area contributed by atoms with Crippen molar-refractivity contribution >= 4 is 33.4 Å². The van der Waals surface area contributed by atoms with Gasteiger partial charge in [0.05, 0.1) is 22.9 Å². The lowest BCUT2D eigenvalue weighted by Gasteiger charge is -2.26. The number of nitrogens with one attached hydrogen (secondary N) is 1. The lowest BCUT2D eigenvalue weighted by atomic mass is 9.90. The molecule has 0 aliphatic heterocycles. The summed E-state index contributed by atoms with van der Waals surface area (Å²) in [5.41, 5.74) is -2.89. The van der Waals surface area contributed by atoms with Gasteiger partial charge in [-0.25, -0.2) is 4.39 Å². The molecule has 41 heavy (non-hydrogen) atoms. The number of benzene rings is 3. The second-order valence-electron chi connectivity index (χ2n) is 8.10. The molecule has 3 rings (SSSR count). The van der Waals surface area contributed by atoms with E-state index in [-0.39, 0.29) is 17.2 Å². The first-order chi connectivity index (χ1) is 19.0.